The third-order valence-corrected chi connectivity index (χ3v) is 3.01. The molecule has 80 valence electrons. The molecule has 0 aliphatic carbocycles. The number of hydrogen-bond acceptors (Lipinski definition) is 3. The zero-order valence-corrected chi connectivity index (χ0v) is 9.94. The summed E-state index contributed by atoms with van der Waals surface area (Å²) in [6.07, 6.45) is 8.20. The lowest BCUT2D eigenvalue weighted by molar-refractivity contribution is 0.564. The van der Waals surface area contributed by atoms with Crippen LogP contribution in [0.25, 0.3) is 0 Å². The number of rotatable bonds is 7. The lowest BCUT2D eigenvalue weighted by atomic mass is 10.1. The second kappa shape index (κ2) is 6.82. The third kappa shape index (κ3) is 4.09. The summed E-state index contributed by atoms with van der Waals surface area (Å²) in [7, 11) is 0. The van der Waals surface area contributed by atoms with E-state index in [1.807, 2.05) is 11.6 Å². The number of nitrogens with one attached hydrogen (secondary N) is 1. The fourth-order valence-corrected chi connectivity index (χ4v) is 2.16. The zero-order valence-electron chi connectivity index (χ0n) is 9.12. The Hall–Kier alpha value is -0.570. The normalized spacial score (nSPS) is 12.7. The monoisotopic (exact) mass is 212 g/mol. The van der Waals surface area contributed by atoms with Gasteiger partial charge in [-0.25, -0.2) is 4.98 Å². The molecule has 0 bridgehead atoms. The predicted octanol–water partition coefficient (Wildman–Crippen LogP) is 3.91. The SMILES string of the molecule is CCCCC(CCC)Nc1nccs1. The first kappa shape index (κ1) is 11.5. The summed E-state index contributed by atoms with van der Waals surface area (Å²) in [4.78, 5) is 4.25. The molecule has 1 rings (SSSR count). The second-order valence-corrected chi connectivity index (χ2v) is 4.50. The molecule has 0 amide bonds. The van der Waals surface area contributed by atoms with Gasteiger partial charge in [0.1, 0.15) is 0 Å². The van der Waals surface area contributed by atoms with Crippen LogP contribution in [0.1, 0.15) is 46.0 Å². The summed E-state index contributed by atoms with van der Waals surface area (Å²) >= 11 is 1.69. The van der Waals surface area contributed by atoms with Gasteiger partial charge in [0.25, 0.3) is 0 Å². The van der Waals surface area contributed by atoms with E-state index < -0.39 is 0 Å². The lowest BCUT2D eigenvalue weighted by Gasteiger charge is -2.16. The molecule has 1 N–H and O–H groups in total. The molecule has 1 aromatic rings. The van der Waals surface area contributed by atoms with E-state index in [0.717, 1.165) is 5.13 Å². The highest BCUT2D eigenvalue weighted by molar-refractivity contribution is 7.13. The molecule has 0 radical (unpaired) electrons. The molecule has 0 aromatic carbocycles. The Morgan fingerprint density at radius 2 is 2.21 bits per heavy atom. The summed E-state index contributed by atoms with van der Waals surface area (Å²) in [5.41, 5.74) is 0. The molecule has 1 heterocycles. The maximum Gasteiger partial charge on any atom is 0.182 e. The van der Waals surface area contributed by atoms with Gasteiger partial charge in [0.2, 0.25) is 0 Å². The predicted molar refractivity (Wildman–Crippen MR) is 64.0 cm³/mol. The van der Waals surface area contributed by atoms with Gasteiger partial charge in [-0.15, -0.1) is 11.3 Å². The molecule has 0 fully saturated rings. The van der Waals surface area contributed by atoms with E-state index in [1.165, 1.54) is 32.1 Å². The Kier molecular flexibility index (Phi) is 5.60. The van der Waals surface area contributed by atoms with Gasteiger partial charge in [-0.1, -0.05) is 33.1 Å². The van der Waals surface area contributed by atoms with Crippen LogP contribution in [-0.4, -0.2) is 11.0 Å². The average Bonchev–Trinajstić information content (AvgIpc) is 2.67. The summed E-state index contributed by atoms with van der Waals surface area (Å²) < 4.78 is 0. The Morgan fingerprint density at radius 3 is 2.79 bits per heavy atom. The highest BCUT2D eigenvalue weighted by Crippen LogP contribution is 2.16. The van der Waals surface area contributed by atoms with Gasteiger partial charge < -0.3 is 5.32 Å². The molecular weight excluding hydrogens is 192 g/mol. The minimum absolute atomic E-state index is 0.617. The van der Waals surface area contributed by atoms with Gasteiger partial charge in [0, 0.05) is 17.6 Å². The number of nitrogens with zero attached hydrogens (tertiary/aromatic N) is 1. The van der Waals surface area contributed by atoms with E-state index >= 15 is 0 Å². The molecule has 0 aliphatic rings. The van der Waals surface area contributed by atoms with Gasteiger partial charge in [0.15, 0.2) is 5.13 Å². The van der Waals surface area contributed by atoms with E-state index in [-0.39, 0.29) is 0 Å². The number of thiazole rings is 1. The third-order valence-electron chi connectivity index (χ3n) is 2.30. The van der Waals surface area contributed by atoms with Crippen molar-refractivity contribution in [1.82, 2.24) is 4.98 Å². The number of anilines is 1. The number of unbranched alkanes of at least 4 members (excludes halogenated alkanes) is 1. The van der Waals surface area contributed by atoms with Crippen molar-refractivity contribution in [3.63, 3.8) is 0 Å². The van der Waals surface area contributed by atoms with Crippen LogP contribution in [0.5, 0.6) is 0 Å². The van der Waals surface area contributed by atoms with E-state index in [1.54, 1.807) is 11.3 Å². The van der Waals surface area contributed by atoms with E-state index in [0.29, 0.717) is 6.04 Å². The van der Waals surface area contributed by atoms with Crippen molar-refractivity contribution in [2.45, 2.75) is 52.0 Å². The van der Waals surface area contributed by atoms with Crippen molar-refractivity contribution in [1.29, 1.82) is 0 Å². The highest BCUT2D eigenvalue weighted by atomic mass is 32.1. The van der Waals surface area contributed by atoms with Gasteiger partial charge in [-0.2, -0.15) is 0 Å². The topological polar surface area (TPSA) is 24.9 Å². The standard InChI is InChI=1S/C11H20N2S/c1-3-5-7-10(6-4-2)13-11-12-8-9-14-11/h8-10H,3-7H2,1-2H3,(H,12,13). The first-order valence-corrected chi connectivity index (χ1v) is 6.40. The average molecular weight is 212 g/mol. The van der Waals surface area contributed by atoms with Gasteiger partial charge in [-0.3, -0.25) is 0 Å². The fraction of sp³-hybridized carbons (Fsp3) is 0.727. The molecule has 0 aliphatic heterocycles. The molecule has 1 aromatic heterocycles. The molecule has 2 nitrogen and oxygen atoms in total. The minimum Gasteiger partial charge on any atom is -0.359 e. The first-order valence-electron chi connectivity index (χ1n) is 5.52. The van der Waals surface area contributed by atoms with Crippen molar-refractivity contribution in [3.05, 3.63) is 11.6 Å². The van der Waals surface area contributed by atoms with Crippen LogP contribution in [-0.2, 0) is 0 Å². The van der Waals surface area contributed by atoms with E-state index in [9.17, 15) is 0 Å². The molecule has 0 saturated heterocycles. The minimum atomic E-state index is 0.617. The largest absolute Gasteiger partial charge is 0.359 e. The molecule has 1 unspecified atom stereocenters. The Balaban J connectivity index is 2.34. The van der Waals surface area contributed by atoms with Crippen LogP contribution in [0, 0.1) is 0 Å². The molecule has 14 heavy (non-hydrogen) atoms. The molecular formula is C11H20N2S. The van der Waals surface area contributed by atoms with Crippen molar-refractivity contribution in [2.75, 3.05) is 5.32 Å². The number of hydrogen-bond donors (Lipinski definition) is 1. The van der Waals surface area contributed by atoms with Gasteiger partial charge in [0.05, 0.1) is 0 Å². The quantitative estimate of drug-likeness (QED) is 0.741. The molecule has 0 saturated carbocycles. The summed E-state index contributed by atoms with van der Waals surface area (Å²) in [5.74, 6) is 0. The van der Waals surface area contributed by atoms with Crippen LogP contribution in [0.2, 0.25) is 0 Å². The summed E-state index contributed by atoms with van der Waals surface area (Å²) in [6, 6.07) is 0.617. The Labute approximate surface area is 90.8 Å². The van der Waals surface area contributed by atoms with Crippen molar-refractivity contribution in [3.8, 4) is 0 Å². The summed E-state index contributed by atoms with van der Waals surface area (Å²) in [5, 5.41) is 6.59. The highest BCUT2D eigenvalue weighted by Gasteiger charge is 2.07. The van der Waals surface area contributed by atoms with Crippen LogP contribution < -0.4 is 5.32 Å². The smallest absolute Gasteiger partial charge is 0.182 e. The van der Waals surface area contributed by atoms with Crippen LogP contribution >= 0.6 is 11.3 Å². The maximum absolute atomic E-state index is 4.25. The van der Waals surface area contributed by atoms with Crippen molar-refractivity contribution < 1.29 is 0 Å². The van der Waals surface area contributed by atoms with Crippen molar-refractivity contribution in [2.24, 2.45) is 0 Å². The maximum atomic E-state index is 4.25. The van der Waals surface area contributed by atoms with Crippen LogP contribution in [0.3, 0.4) is 0 Å². The zero-order chi connectivity index (χ0) is 10.2. The molecule has 3 heteroatoms. The Morgan fingerprint density at radius 1 is 1.36 bits per heavy atom. The second-order valence-electron chi connectivity index (χ2n) is 3.61. The fourth-order valence-electron chi connectivity index (χ4n) is 1.56. The van der Waals surface area contributed by atoms with Gasteiger partial charge >= 0.3 is 0 Å². The summed E-state index contributed by atoms with van der Waals surface area (Å²) in [6.45, 7) is 4.48. The van der Waals surface area contributed by atoms with Crippen molar-refractivity contribution >= 4 is 16.5 Å². The van der Waals surface area contributed by atoms with Crippen LogP contribution in [0.15, 0.2) is 11.6 Å². The van der Waals surface area contributed by atoms with E-state index in [4.69, 9.17) is 0 Å². The lowest BCUT2D eigenvalue weighted by Crippen LogP contribution is -2.18. The van der Waals surface area contributed by atoms with Gasteiger partial charge in [-0.05, 0) is 12.8 Å². The first-order chi connectivity index (χ1) is 6.86. The van der Waals surface area contributed by atoms with E-state index in [2.05, 4.69) is 24.1 Å². The number of aromatic nitrogens is 1. The van der Waals surface area contributed by atoms with Crippen LogP contribution in [0.4, 0.5) is 5.13 Å². The Bertz CT molecular complexity index is 221. The molecule has 0 spiro atoms. The molecule has 1 atom stereocenters.